The summed E-state index contributed by atoms with van der Waals surface area (Å²) in [6, 6.07) is 13.6. The van der Waals surface area contributed by atoms with Crippen LogP contribution in [0.15, 0.2) is 53.4 Å². The number of morpholine rings is 1. The number of carbonyl (C=O) groups excluding carboxylic acids is 1. The average molecular weight is 374 g/mol. The Labute approximate surface area is 151 Å². The van der Waals surface area contributed by atoms with E-state index in [2.05, 4.69) is 5.32 Å². The van der Waals surface area contributed by atoms with E-state index in [-0.39, 0.29) is 10.9 Å². The number of benzene rings is 2. The van der Waals surface area contributed by atoms with E-state index >= 15 is 0 Å². The van der Waals surface area contributed by atoms with Gasteiger partial charge in [0.05, 0.1) is 23.7 Å². The minimum absolute atomic E-state index is 0.230. The first-order valence-electron chi connectivity index (χ1n) is 8.30. The second-order valence-electron chi connectivity index (χ2n) is 6.06. The van der Waals surface area contributed by atoms with Crippen LogP contribution in [0.25, 0.3) is 0 Å². The van der Waals surface area contributed by atoms with Crippen LogP contribution < -0.4 is 5.32 Å². The van der Waals surface area contributed by atoms with E-state index in [1.165, 1.54) is 4.31 Å². The molecule has 0 aliphatic carbocycles. The molecule has 2 aromatic carbocycles. The first-order chi connectivity index (χ1) is 12.6. The number of anilines is 1. The van der Waals surface area contributed by atoms with E-state index in [0.29, 0.717) is 37.6 Å². The van der Waals surface area contributed by atoms with Gasteiger partial charge in [0.1, 0.15) is 0 Å². The predicted molar refractivity (Wildman–Crippen MR) is 94.2 cm³/mol. The quantitative estimate of drug-likeness (QED) is 0.824. The van der Waals surface area contributed by atoms with Crippen LogP contribution in [0, 0.1) is 0 Å². The molecule has 1 N–H and O–H groups in total. The molecule has 0 bridgehead atoms. The number of nitrogens with zero attached hydrogens (tertiary/aromatic N) is 1. The number of cyclic esters (lactones) is 1. The van der Waals surface area contributed by atoms with Crippen molar-refractivity contribution in [2.45, 2.75) is 11.1 Å². The summed E-state index contributed by atoms with van der Waals surface area (Å²) in [4.78, 5) is 12.1. The summed E-state index contributed by atoms with van der Waals surface area (Å²) in [5, 5.41) is 3.11. The summed E-state index contributed by atoms with van der Waals surface area (Å²) >= 11 is 0. The Bertz CT molecular complexity index is 921. The van der Waals surface area contributed by atoms with Crippen molar-refractivity contribution in [2.24, 2.45) is 0 Å². The molecule has 2 aliphatic rings. The maximum absolute atomic E-state index is 12.6. The highest BCUT2D eigenvalue weighted by molar-refractivity contribution is 7.89. The Morgan fingerprint density at radius 2 is 1.69 bits per heavy atom. The lowest BCUT2D eigenvalue weighted by atomic mass is 10.1. The first-order valence-corrected chi connectivity index (χ1v) is 9.74. The molecule has 0 saturated carbocycles. The maximum atomic E-state index is 12.6. The molecule has 2 heterocycles. The van der Waals surface area contributed by atoms with Gasteiger partial charge in [-0.25, -0.2) is 13.2 Å². The molecular formula is C18H18N2O5S. The van der Waals surface area contributed by atoms with Crippen LogP contribution in [0.3, 0.4) is 0 Å². The number of hydrogen-bond acceptors (Lipinski definition) is 6. The van der Waals surface area contributed by atoms with E-state index in [1.54, 1.807) is 36.4 Å². The van der Waals surface area contributed by atoms with Crippen molar-refractivity contribution in [1.82, 2.24) is 4.31 Å². The summed E-state index contributed by atoms with van der Waals surface area (Å²) in [6.45, 7) is 1.53. The lowest BCUT2D eigenvalue weighted by molar-refractivity contribution is 0.0437. The molecule has 1 fully saturated rings. The molecule has 1 saturated heterocycles. The standard InChI is InChI=1S/C18H18N2O5S/c21-18-16-4-2-1-3-15(16)17(25-18)19-13-5-7-14(8-6-13)26(22,23)20-9-11-24-12-10-20/h1-8,17,19H,9-12H2. The molecule has 0 radical (unpaired) electrons. The summed E-state index contributed by atoms with van der Waals surface area (Å²) < 4.78 is 37.2. The molecule has 1 unspecified atom stereocenters. The van der Waals surface area contributed by atoms with Crippen molar-refractivity contribution in [3.05, 3.63) is 59.7 Å². The minimum Gasteiger partial charge on any atom is -0.434 e. The van der Waals surface area contributed by atoms with Gasteiger partial charge in [0.2, 0.25) is 16.3 Å². The van der Waals surface area contributed by atoms with Gasteiger partial charge >= 0.3 is 5.97 Å². The van der Waals surface area contributed by atoms with Crippen LogP contribution in [0.4, 0.5) is 5.69 Å². The number of ether oxygens (including phenoxy) is 2. The van der Waals surface area contributed by atoms with Gasteiger partial charge in [0.25, 0.3) is 0 Å². The molecule has 26 heavy (non-hydrogen) atoms. The lowest BCUT2D eigenvalue weighted by Crippen LogP contribution is -2.40. The zero-order chi connectivity index (χ0) is 18.1. The van der Waals surface area contributed by atoms with Crippen molar-refractivity contribution < 1.29 is 22.7 Å². The number of hydrogen-bond donors (Lipinski definition) is 1. The minimum atomic E-state index is -3.52. The summed E-state index contributed by atoms with van der Waals surface area (Å²) in [5.74, 6) is -0.371. The molecule has 0 amide bonds. The SMILES string of the molecule is O=C1OC(Nc2ccc(S(=O)(=O)N3CCOCC3)cc2)c2ccccc21. The highest BCUT2D eigenvalue weighted by atomic mass is 32.2. The smallest absolute Gasteiger partial charge is 0.340 e. The highest BCUT2D eigenvalue weighted by Crippen LogP contribution is 2.31. The van der Waals surface area contributed by atoms with E-state index < -0.39 is 16.3 Å². The van der Waals surface area contributed by atoms with Crippen molar-refractivity contribution in [2.75, 3.05) is 31.6 Å². The zero-order valence-corrected chi connectivity index (χ0v) is 14.7. The van der Waals surface area contributed by atoms with E-state index in [0.717, 1.165) is 5.56 Å². The zero-order valence-electron chi connectivity index (χ0n) is 13.9. The highest BCUT2D eigenvalue weighted by Gasteiger charge is 2.31. The Morgan fingerprint density at radius 1 is 1.00 bits per heavy atom. The second-order valence-corrected chi connectivity index (χ2v) is 8.00. The van der Waals surface area contributed by atoms with Crippen molar-refractivity contribution in [3.63, 3.8) is 0 Å². The first kappa shape index (κ1) is 17.0. The van der Waals surface area contributed by atoms with Gasteiger partial charge in [-0.1, -0.05) is 18.2 Å². The fourth-order valence-electron chi connectivity index (χ4n) is 3.06. The van der Waals surface area contributed by atoms with Gasteiger partial charge in [0.15, 0.2) is 0 Å². The summed E-state index contributed by atoms with van der Waals surface area (Å²) in [7, 11) is -3.52. The fourth-order valence-corrected chi connectivity index (χ4v) is 4.47. The van der Waals surface area contributed by atoms with Crippen LogP contribution in [0.1, 0.15) is 22.1 Å². The molecule has 0 aromatic heterocycles. The van der Waals surface area contributed by atoms with Gasteiger partial charge in [-0.05, 0) is 30.3 Å². The third kappa shape index (κ3) is 3.07. The fraction of sp³-hybridized carbons (Fsp3) is 0.278. The van der Waals surface area contributed by atoms with E-state index in [9.17, 15) is 13.2 Å². The van der Waals surface area contributed by atoms with Crippen molar-refractivity contribution >= 4 is 21.7 Å². The Morgan fingerprint density at radius 3 is 2.42 bits per heavy atom. The largest absolute Gasteiger partial charge is 0.434 e. The van der Waals surface area contributed by atoms with Gasteiger partial charge < -0.3 is 14.8 Å². The van der Waals surface area contributed by atoms with Gasteiger partial charge in [-0.15, -0.1) is 0 Å². The molecule has 2 aliphatic heterocycles. The number of carbonyl (C=O) groups is 1. The molecule has 8 heteroatoms. The van der Waals surface area contributed by atoms with E-state index in [4.69, 9.17) is 9.47 Å². The van der Waals surface area contributed by atoms with Crippen LogP contribution >= 0.6 is 0 Å². The number of nitrogens with one attached hydrogen (secondary N) is 1. The van der Waals surface area contributed by atoms with Crippen LogP contribution in [0.5, 0.6) is 0 Å². The number of rotatable bonds is 4. The molecule has 136 valence electrons. The number of esters is 1. The maximum Gasteiger partial charge on any atom is 0.340 e. The predicted octanol–water partition coefficient (Wildman–Crippen LogP) is 1.99. The Kier molecular flexibility index (Phi) is 4.39. The van der Waals surface area contributed by atoms with Gasteiger partial charge in [-0.2, -0.15) is 4.31 Å². The summed E-state index contributed by atoms with van der Waals surface area (Å²) in [6.07, 6.45) is -0.583. The van der Waals surface area contributed by atoms with Crippen LogP contribution in [0.2, 0.25) is 0 Å². The lowest BCUT2D eigenvalue weighted by Gasteiger charge is -2.26. The van der Waals surface area contributed by atoms with Gasteiger partial charge in [0, 0.05) is 24.3 Å². The molecule has 2 aromatic rings. The van der Waals surface area contributed by atoms with Crippen molar-refractivity contribution in [3.8, 4) is 0 Å². The van der Waals surface area contributed by atoms with Gasteiger partial charge in [-0.3, -0.25) is 0 Å². The molecule has 4 rings (SSSR count). The Balaban J connectivity index is 1.51. The molecular weight excluding hydrogens is 356 g/mol. The molecule has 1 atom stereocenters. The number of sulfonamides is 1. The Hall–Kier alpha value is -2.42. The van der Waals surface area contributed by atoms with E-state index in [1.807, 2.05) is 12.1 Å². The third-order valence-corrected chi connectivity index (χ3v) is 6.36. The second kappa shape index (κ2) is 6.71. The average Bonchev–Trinajstić information content (AvgIpc) is 2.99. The monoisotopic (exact) mass is 374 g/mol. The summed E-state index contributed by atoms with van der Waals surface area (Å²) in [5.41, 5.74) is 1.97. The third-order valence-electron chi connectivity index (χ3n) is 4.45. The molecule has 7 nitrogen and oxygen atoms in total. The van der Waals surface area contributed by atoms with Crippen LogP contribution in [-0.4, -0.2) is 45.0 Å². The normalized spacial score (nSPS) is 20.5. The molecule has 0 spiro atoms. The topological polar surface area (TPSA) is 84.9 Å². The number of fused-ring (bicyclic) bond motifs is 1. The van der Waals surface area contributed by atoms with Crippen LogP contribution in [-0.2, 0) is 19.5 Å². The van der Waals surface area contributed by atoms with Crippen molar-refractivity contribution in [1.29, 1.82) is 0 Å².